The Kier molecular flexibility index (Phi) is 5.25. The number of aliphatic carboxylic acids is 1. The van der Waals surface area contributed by atoms with Gasteiger partial charge in [0.25, 0.3) is 0 Å². The minimum absolute atomic E-state index is 0.121. The molecule has 1 atom stereocenters. The van der Waals surface area contributed by atoms with Gasteiger partial charge in [-0.05, 0) is 18.8 Å². The van der Waals surface area contributed by atoms with Crippen LogP contribution in [0.15, 0.2) is 0 Å². The first-order chi connectivity index (χ1) is 8.00. The molecule has 0 aliphatic heterocycles. The molecule has 1 aliphatic rings. The second-order valence-electron chi connectivity index (χ2n) is 5.01. The van der Waals surface area contributed by atoms with E-state index in [1.165, 1.54) is 6.42 Å². The number of rotatable bonds is 4. The molecule has 0 heterocycles. The monoisotopic (exact) mass is 242 g/mol. The van der Waals surface area contributed by atoms with Crippen LogP contribution in [-0.4, -0.2) is 29.2 Å². The molecule has 1 saturated carbocycles. The molecule has 2 amide bonds. The summed E-state index contributed by atoms with van der Waals surface area (Å²) in [4.78, 5) is 22.6. The van der Waals surface area contributed by atoms with Crippen LogP contribution in [0.25, 0.3) is 0 Å². The predicted molar refractivity (Wildman–Crippen MR) is 64.8 cm³/mol. The van der Waals surface area contributed by atoms with E-state index in [0.29, 0.717) is 0 Å². The Morgan fingerprint density at radius 1 is 1.18 bits per heavy atom. The molecule has 98 valence electrons. The normalized spacial score (nSPS) is 18.8. The van der Waals surface area contributed by atoms with Crippen molar-refractivity contribution in [1.29, 1.82) is 0 Å². The lowest BCUT2D eigenvalue weighted by molar-refractivity contribution is -0.140. The van der Waals surface area contributed by atoms with E-state index in [4.69, 9.17) is 5.11 Å². The molecule has 17 heavy (non-hydrogen) atoms. The zero-order chi connectivity index (χ0) is 12.8. The molecular formula is C12H22N2O3. The Balaban J connectivity index is 2.38. The lowest BCUT2D eigenvalue weighted by Gasteiger charge is -2.25. The third-order valence-electron chi connectivity index (χ3n) is 3.16. The molecule has 0 spiro atoms. The van der Waals surface area contributed by atoms with E-state index in [-0.39, 0.29) is 18.0 Å². The van der Waals surface area contributed by atoms with Gasteiger partial charge in [-0.25, -0.2) is 9.59 Å². The van der Waals surface area contributed by atoms with Crippen LogP contribution in [0.4, 0.5) is 4.79 Å². The average Bonchev–Trinajstić information content (AvgIpc) is 2.26. The summed E-state index contributed by atoms with van der Waals surface area (Å²) in [6.45, 7) is 3.55. The van der Waals surface area contributed by atoms with Crippen molar-refractivity contribution < 1.29 is 14.7 Å². The third-order valence-corrected chi connectivity index (χ3v) is 3.16. The molecule has 0 radical (unpaired) electrons. The molecular weight excluding hydrogens is 220 g/mol. The van der Waals surface area contributed by atoms with Crippen LogP contribution in [-0.2, 0) is 4.79 Å². The summed E-state index contributed by atoms with van der Waals surface area (Å²) in [6, 6.07) is -0.984. The fraction of sp³-hybridized carbons (Fsp3) is 0.833. The number of hydrogen-bond acceptors (Lipinski definition) is 2. The molecule has 0 aromatic heterocycles. The highest BCUT2D eigenvalue weighted by Gasteiger charge is 2.24. The molecule has 0 aromatic carbocycles. The Labute approximate surface area is 102 Å². The second-order valence-corrected chi connectivity index (χ2v) is 5.01. The van der Waals surface area contributed by atoms with Crippen molar-refractivity contribution in [3.05, 3.63) is 0 Å². The highest BCUT2D eigenvalue weighted by molar-refractivity contribution is 5.82. The number of carboxylic acid groups (broad SMARTS) is 1. The summed E-state index contributed by atoms with van der Waals surface area (Å²) in [7, 11) is 0. The Bertz CT molecular complexity index is 273. The largest absolute Gasteiger partial charge is 0.480 e. The summed E-state index contributed by atoms with van der Waals surface area (Å²) in [6.07, 6.45) is 5.48. The van der Waals surface area contributed by atoms with Crippen molar-refractivity contribution in [3.8, 4) is 0 Å². The van der Waals surface area contributed by atoms with Crippen molar-refractivity contribution in [2.45, 2.75) is 58.0 Å². The zero-order valence-electron chi connectivity index (χ0n) is 10.5. The van der Waals surface area contributed by atoms with E-state index in [9.17, 15) is 9.59 Å². The molecule has 5 heteroatoms. The second kappa shape index (κ2) is 6.47. The fourth-order valence-corrected chi connectivity index (χ4v) is 2.13. The molecule has 1 aliphatic carbocycles. The van der Waals surface area contributed by atoms with Gasteiger partial charge in [0.05, 0.1) is 0 Å². The molecule has 0 saturated heterocycles. The molecule has 5 nitrogen and oxygen atoms in total. The summed E-state index contributed by atoms with van der Waals surface area (Å²) >= 11 is 0. The van der Waals surface area contributed by atoms with E-state index in [1.807, 2.05) is 0 Å². The smallest absolute Gasteiger partial charge is 0.326 e. The van der Waals surface area contributed by atoms with Crippen LogP contribution in [0.3, 0.4) is 0 Å². The minimum atomic E-state index is -0.987. The van der Waals surface area contributed by atoms with Crippen molar-refractivity contribution in [3.63, 3.8) is 0 Å². The van der Waals surface area contributed by atoms with Gasteiger partial charge in [-0.1, -0.05) is 33.1 Å². The number of nitrogens with one attached hydrogen (secondary N) is 2. The van der Waals surface area contributed by atoms with Gasteiger partial charge in [0, 0.05) is 6.04 Å². The predicted octanol–water partition coefficient (Wildman–Crippen LogP) is 1.73. The van der Waals surface area contributed by atoms with Crippen molar-refractivity contribution in [2.75, 3.05) is 0 Å². The van der Waals surface area contributed by atoms with Gasteiger partial charge in [-0.3, -0.25) is 0 Å². The van der Waals surface area contributed by atoms with Crippen LogP contribution in [0.5, 0.6) is 0 Å². The van der Waals surface area contributed by atoms with Crippen LogP contribution in [0.1, 0.15) is 46.0 Å². The van der Waals surface area contributed by atoms with Crippen LogP contribution < -0.4 is 10.6 Å². The van der Waals surface area contributed by atoms with Gasteiger partial charge in [0.15, 0.2) is 0 Å². The maximum Gasteiger partial charge on any atom is 0.326 e. The topological polar surface area (TPSA) is 78.4 Å². The van der Waals surface area contributed by atoms with Gasteiger partial charge < -0.3 is 15.7 Å². The highest BCUT2D eigenvalue weighted by atomic mass is 16.4. The zero-order valence-corrected chi connectivity index (χ0v) is 10.5. The van der Waals surface area contributed by atoms with Crippen LogP contribution in [0.2, 0.25) is 0 Å². The van der Waals surface area contributed by atoms with E-state index < -0.39 is 12.0 Å². The maximum atomic E-state index is 11.6. The number of carboxylic acids is 1. The summed E-state index contributed by atoms with van der Waals surface area (Å²) in [5, 5.41) is 14.3. The third kappa shape index (κ3) is 4.63. The van der Waals surface area contributed by atoms with Crippen LogP contribution >= 0.6 is 0 Å². The van der Waals surface area contributed by atoms with Gasteiger partial charge in [0.2, 0.25) is 0 Å². The molecule has 1 rings (SSSR count). The number of hydrogen-bond donors (Lipinski definition) is 3. The average molecular weight is 242 g/mol. The molecule has 0 unspecified atom stereocenters. The lowest BCUT2D eigenvalue weighted by atomic mass is 9.96. The SMILES string of the molecule is CC(C)[C@H](NC(=O)NC1CCCCC1)C(=O)O. The van der Waals surface area contributed by atoms with Gasteiger partial charge >= 0.3 is 12.0 Å². The quantitative estimate of drug-likeness (QED) is 0.702. The Morgan fingerprint density at radius 2 is 1.76 bits per heavy atom. The number of carbonyl (C=O) groups is 2. The first kappa shape index (κ1) is 13.8. The lowest BCUT2D eigenvalue weighted by Crippen LogP contribution is -2.51. The van der Waals surface area contributed by atoms with Gasteiger partial charge in [0.1, 0.15) is 6.04 Å². The molecule has 1 fully saturated rings. The van der Waals surface area contributed by atoms with Crippen molar-refractivity contribution in [1.82, 2.24) is 10.6 Å². The van der Waals surface area contributed by atoms with E-state index >= 15 is 0 Å². The molecule has 0 aromatic rings. The number of urea groups is 1. The Morgan fingerprint density at radius 3 is 2.24 bits per heavy atom. The summed E-state index contributed by atoms with van der Waals surface area (Å²) < 4.78 is 0. The number of carbonyl (C=O) groups excluding carboxylic acids is 1. The standard InChI is InChI=1S/C12H22N2O3/c1-8(2)10(11(15)16)14-12(17)13-9-6-4-3-5-7-9/h8-10H,3-7H2,1-2H3,(H,15,16)(H2,13,14,17)/t10-/m0/s1. The van der Waals surface area contributed by atoms with Crippen LogP contribution in [0, 0.1) is 5.92 Å². The van der Waals surface area contributed by atoms with Crippen molar-refractivity contribution >= 4 is 12.0 Å². The summed E-state index contributed by atoms with van der Waals surface area (Å²) in [5.41, 5.74) is 0. The highest BCUT2D eigenvalue weighted by Crippen LogP contribution is 2.17. The van der Waals surface area contributed by atoms with Gasteiger partial charge in [-0.15, -0.1) is 0 Å². The first-order valence-electron chi connectivity index (χ1n) is 6.30. The summed E-state index contributed by atoms with van der Waals surface area (Å²) in [5.74, 6) is -1.11. The maximum absolute atomic E-state index is 11.6. The van der Waals surface area contributed by atoms with E-state index in [2.05, 4.69) is 10.6 Å². The number of amides is 2. The molecule has 3 N–H and O–H groups in total. The molecule has 0 bridgehead atoms. The first-order valence-corrected chi connectivity index (χ1v) is 6.30. The fourth-order valence-electron chi connectivity index (χ4n) is 2.13. The van der Waals surface area contributed by atoms with E-state index in [1.54, 1.807) is 13.8 Å². The van der Waals surface area contributed by atoms with E-state index in [0.717, 1.165) is 25.7 Å². The van der Waals surface area contributed by atoms with Gasteiger partial charge in [-0.2, -0.15) is 0 Å². The Hall–Kier alpha value is -1.26. The van der Waals surface area contributed by atoms with Crippen molar-refractivity contribution in [2.24, 2.45) is 5.92 Å². The minimum Gasteiger partial charge on any atom is -0.480 e.